The molecule has 4 heterocycles. The van der Waals surface area contributed by atoms with E-state index >= 15 is 0 Å². The maximum atomic E-state index is 10.6. The molecule has 4 rings (SSSR count). The monoisotopic (exact) mass is 494 g/mol. The second-order valence-corrected chi connectivity index (χ2v) is 10.9. The summed E-state index contributed by atoms with van der Waals surface area (Å²) in [4.78, 5) is 4.43. The van der Waals surface area contributed by atoms with Crippen LogP contribution in [0.25, 0.3) is 19.5 Å². The zero-order valence-corrected chi connectivity index (χ0v) is 21.6. The van der Waals surface area contributed by atoms with Crippen molar-refractivity contribution in [3.05, 3.63) is 35.0 Å². The molecular formula is C19H19NaO6S4. The summed E-state index contributed by atoms with van der Waals surface area (Å²) in [5.74, 6) is 1.20. The fourth-order valence-corrected chi connectivity index (χ4v) is 6.37. The Kier molecular flexibility index (Phi) is 8.82. The van der Waals surface area contributed by atoms with E-state index in [4.69, 9.17) is 14.2 Å². The van der Waals surface area contributed by atoms with Crippen LogP contribution in [0.3, 0.4) is 0 Å². The van der Waals surface area contributed by atoms with Crippen molar-refractivity contribution in [2.75, 3.05) is 25.6 Å². The predicted molar refractivity (Wildman–Crippen MR) is 115 cm³/mol. The molecule has 0 aliphatic carbocycles. The maximum absolute atomic E-state index is 10.6. The summed E-state index contributed by atoms with van der Waals surface area (Å²) in [6.07, 6.45) is 0.576. The molecular weight excluding hydrogens is 475 g/mol. The minimum Gasteiger partial charge on any atom is -0.748 e. The molecule has 1 atom stereocenters. The predicted octanol–water partition coefficient (Wildman–Crippen LogP) is 1.69. The number of ether oxygens (including phenoxy) is 3. The molecule has 3 aromatic heterocycles. The van der Waals surface area contributed by atoms with Crippen molar-refractivity contribution in [2.45, 2.75) is 18.9 Å². The van der Waals surface area contributed by atoms with Gasteiger partial charge in [-0.25, -0.2) is 8.42 Å². The van der Waals surface area contributed by atoms with Crippen molar-refractivity contribution < 1.29 is 56.7 Å². The second-order valence-electron chi connectivity index (χ2n) is 6.47. The van der Waals surface area contributed by atoms with Gasteiger partial charge >= 0.3 is 29.6 Å². The minimum absolute atomic E-state index is 0. The number of unbranched alkanes of at least 4 members (excludes halogenated alkanes) is 1. The van der Waals surface area contributed by atoms with E-state index in [2.05, 4.69) is 12.1 Å². The molecule has 1 aliphatic rings. The van der Waals surface area contributed by atoms with Crippen LogP contribution in [-0.2, 0) is 14.9 Å². The van der Waals surface area contributed by atoms with Gasteiger partial charge in [-0.15, -0.1) is 34.0 Å². The van der Waals surface area contributed by atoms with Crippen LogP contribution in [0.5, 0.6) is 11.5 Å². The van der Waals surface area contributed by atoms with Crippen molar-refractivity contribution in [1.29, 1.82) is 0 Å². The van der Waals surface area contributed by atoms with Gasteiger partial charge in [0.25, 0.3) is 0 Å². The van der Waals surface area contributed by atoms with Crippen molar-refractivity contribution in [3.8, 4) is 31.0 Å². The van der Waals surface area contributed by atoms with E-state index in [0.29, 0.717) is 32.7 Å². The SMILES string of the molecule is O=S(=O)([O-])CCCCOCC1COc2c(-c3cccs3)sc(-c3cccs3)c2O1.[Na+]. The molecule has 156 valence electrons. The van der Waals surface area contributed by atoms with Crippen LogP contribution >= 0.6 is 34.0 Å². The Bertz CT molecular complexity index is 1030. The average Bonchev–Trinajstić information content (AvgIpc) is 3.43. The minimum atomic E-state index is -4.16. The first-order valence-electron chi connectivity index (χ1n) is 9.06. The molecule has 0 spiro atoms. The quantitative estimate of drug-likeness (QED) is 0.256. The molecule has 0 N–H and O–H groups in total. The molecule has 0 amide bonds. The third kappa shape index (κ3) is 6.08. The van der Waals surface area contributed by atoms with Gasteiger partial charge in [0, 0.05) is 22.1 Å². The largest absolute Gasteiger partial charge is 1.00 e. The van der Waals surface area contributed by atoms with E-state index in [1.807, 2.05) is 22.9 Å². The summed E-state index contributed by atoms with van der Waals surface area (Å²) in [5.41, 5.74) is 0. The molecule has 0 saturated heterocycles. The smallest absolute Gasteiger partial charge is 0.748 e. The van der Waals surface area contributed by atoms with Crippen molar-refractivity contribution in [3.63, 3.8) is 0 Å². The van der Waals surface area contributed by atoms with Crippen LogP contribution in [0.2, 0.25) is 0 Å². The van der Waals surface area contributed by atoms with Gasteiger partial charge in [-0.3, -0.25) is 0 Å². The third-order valence-corrected chi connectivity index (χ3v) is 8.29. The van der Waals surface area contributed by atoms with Crippen LogP contribution in [0.15, 0.2) is 35.0 Å². The number of thiophene rings is 3. The van der Waals surface area contributed by atoms with Gasteiger partial charge in [-0.1, -0.05) is 12.1 Å². The molecule has 11 heteroatoms. The first-order valence-corrected chi connectivity index (χ1v) is 13.2. The molecule has 0 fully saturated rings. The first-order chi connectivity index (χ1) is 14.0. The Labute approximate surface area is 209 Å². The van der Waals surface area contributed by atoms with Gasteiger partial charge in [-0.05, 0) is 35.7 Å². The van der Waals surface area contributed by atoms with E-state index < -0.39 is 10.1 Å². The number of fused-ring (bicyclic) bond motifs is 1. The van der Waals surface area contributed by atoms with E-state index in [1.54, 1.807) is 34.0 Å². The summed E-state index contributed by atoms with van der Waals surface area (Å²) in [6, 6.07) is 8.19. The Hall–Kier alpha value is -0.430. The van der Waals surface area contributed by atoms with Gasteiger partial charge < -0.3 is 18.8 Å². The first kappa shape index (κ1) is 24.2. The molecule has 30 heavy (non-hydrogen) atoms. The van der Waals surface area contributed by atoms with Crippen molar-refractivity contribution >= 4 is 44.1 Å². The molecule has 0 bridgehead atoms. The zero-order chi connectivity index (χ0) is 20.3. The van der Waals surface area contributed by atoms with Crippen LogP contribution < -0.4 is 39.0 Å². The Morgan fingerprint density at radius 2 is 1.73 bits per heavy atom. The summed E-state index contributed by atoms with van der Waals surface area (Å²) in [6.45, 7) is 1.11. The average molecular weight is 495 g/mol. The van der Waals surface area contributed by atoms with Crippen LogP contribution in [-0.4, -0.2) is 44.6 Å². The van der Waals surface area contributed by atoms with Crippen LogP contribution in [0, 0.1) is 0 Å². The number of rotatable bonds is 9. The molecule has 0 radical (unpaired) electrons. The Morgan fingerprint density at radius 3 is 2.33 bits per heavy atom. The Balaban J connectivity index is 0.00000256. The maximum Gasteiger partial charge on any atom is 1.00 e. The fraction of sp³-hybridized carbons (Fsp3) is 0.368. The molecule has 0 aromatic carbocycles. The van der Waals surface area contributed by atoms with E-state index in [9.17, 15) is 13.0 Å². The molecule has 1 aliphatic heterocycles. The summed E-state index contributed by atoms with van der Waals surface area (Å²) >= 11 is 5.01. The summed E-state index contributed by atoms with van der Waals surface area (Å²) < 4.78 is 49.8. The van der Waals surface area contributed by atoms with Crippen molar-refractivity contribution in [1.82, 2.24) is 0 Å². The fourth-order valence-electron chi connectivity index (χ4n) is 2.94. The van der Waals surface area contributed by atoms with Gasteiger partial charge in [0.1, 0.15) is 6.61 Å². The van der Waals surface area contributed by atoms with Crippen molar-refractivity contribution in [2.24, 2.45) is 0 Å². The summed E-state index contributed by atoms with van der Waals surface area (Å²) in [7, 11) is -4.16. The zero-order valence-electron chi connectivity index (χ0n) is 16.4. The van der Waals surface area contributed by atoms with Gasteiger partial charge in [0.2, 0.25) is 0 Å². The van der Waals surface area contributed by atoms with E-state index in [0.717, 1.165) is 31.0 Å². The molecule has 3 aromatic rings. The van der Waals surface area contributed by atoms with Gasteiger partial charge in [-0.2, -0.15) is 0 Å². The Morgan fingerprint density at radius 1 is 1.07 bits per heavy atom. The van der Waals surface area contributed by atoms with E-state index in [1.165, 1.54) is 0 Å². The number of hydrogen-bond donors (Lipinski definition) is 0. The normalized spacial score (nSPS) is 15.7. The second kappa shape index (κ2) is 10.9. The van der Waals surface area contributed by atoms with Gasteiger partial charge in [0.05, 0.1) is 26.5 Å². The molecule has 0 saturated carbocycles. The third-order valence-electron chi connectivity index (χ3n) is 4.25. The molecule has 1 unspecified atom stereocenters. The van der Waals surface area contributed by atoms with Gasteiger partial charge in [0.15, 0.2) is 17.6 Å². The topological polar surface area (TPSA) is 84.9 Å². The van der Waals surface area contributed by atoms with Crippen LogP contribution in [0.1, 0.15) is 12.8 Å². The standard InChI is InChI=1S/C19H20O6S4.Na/c20-29(21,22)10-2-1-7-23-11-13-12-24-16-17(25-13)19(15-6-4-9-27-15)28-18(16)14-5-3-8-26-14;/h3-6,8-9,13H,1-2,7,10-12H2,(H,20,21,22);/q;+1/p-1. The van der Waals surface area contributed by atoms with E-state index in [-0.39, 0.29) is 41.4 Å². The number of hydrogen-bond acceptors (Lipinski definition) is 9. The van der Waals surface area contributed by atoms with Crippen LogP contribution in [0.4, 0.5) is 0 Å². The molecule has 6 nitrogen and oxygen atoms in total. The summed E-state index contributed by atoms with van der Waals surface area (Å²) in [5, 5.41) is 4.09.